The van der Waals surface area contributed by atoms with E-state index in [-0.39, 0.29) is 6.17 Å². The van der Waals surface area contributed by atoms with Crippen LogP contribution in [-0.4, -0.2) is 16.2 Å². The first-order valence-electron chi connectivity index (χ1n) is 21.0. The van der Waals surface area contributed by atoms with Crippen LogP contribution in [0.1, 0.15) is 22.9 Å². The second-order valence-electron chi connectivity index (χ2n) is 15.8. The molecule has 0 radical (unpaired) electrons. The first-order valence-corrected chi connectivity index (χ1v) is 21.0. The Hall–Kier alpha value is -8.28. The molecular formula is C57H38N4O. The van der Waals surface area contributed by atoms with E-state index in [4.69, 9.17) is 14.4 Å². The van der Waals surface area contributed by atoms with Gasteiger partial charge in [0.25, 0.3) is 0 Å². The Bertz CT molecular complexity index is 3550. The van der Waals surface area contributed by atoms with Gasteiger partial charge in [0.2, 0.25) is 0 Å². The smallest absolute Gasteiger partial charge is 0.159 e. The summed E-state index contributed by atoms with van der Waals surface area (Å²) in [5.41, 5.74) is 14.9. The predicted molar refractivity (Wildman–Crippen MR) is 256 cm³/mol. The van der Waals surface area contributed by atoms with Crippen molar-refractivity contribution in [1.29, 1.82) is 0 Å². The van der Waals surface area contributed by atoms with Gasteiger partial charge in [0.05, 0.1) is 11.0 Å². The molecule has 0 fully saturated rings. The number of hydrogen-bond acceptors (Lipinski definition) is 4. The fraction of sp³-hybridized carbons (Fsp3) is 0.0175. The maximum absolute atomic E-state index is 6.70. The molecule has 0 saturated heterocycles. The molecule has 9 aromatic carbocycles. The summed E-state index contributed by atoms with van der Waals surface area (Å²) >= 11 is 0. The number of hydrogen-bond donors (Lipinski definition) is 1. The van der Waals surface area contributed by atoms with Crippen LogP contribution in [0.25, 0.3) is 82.8 Å². The average Bonchev–Trinajstić information content (AvgIpc) is 3.90. The van der Waals surface area contributed by atoms with E-state index in [9.17, 15) is 0 Å². The Morgan fingerprint density at radius 1 is 0.419 bits per heavy atom. The highest BCUT2D eigenvalue weighted by atomic mass is 16.3. The van der Waals surface area contributed by atoms with Gasteiger partial charge in [0.15, 0.2) is 5.84 Å². The van der Waals surface area contributed by atoms with Gasteiger partial charge in [-0.25, -0.2) is 9.98 Å². The van der Waals surface area contributed by atoms with Crippen molar-refractivity contribution in [3.05, 3.63) is 235 Å². The molecule has 1 N–H and O–H groups in total. The molecule has 62 heavy (non-hydrogen) atoms. The first-order chi connectivity index (χ1) is 30.7. The molecule has 1 atom stereocenters. The number of aliphatic imine (C=N–C) groups is 2. The maximum atomic E-state index is 6.70. The zero-order chi connectivity index (χ0) is 41.0. The van der Waals surface area contributed by atoms with Crippen LogP contribution in [0.3, 0.4) is 0 Å². The van der Waals surface area contributed by atoms with Crippen LogP contribution in [0.4, 0.5) is 0 Å². The lowest BCUT2D eigenvalue weighted by Crippen LogP contribution is -2.33. The van der Waals surface area contributed by atoms with Crippen molar-refractivity contribution in [2.75, 3.05) is 0 Å². The Morgan fingerprint density at radius 2 is 1.06 bits per heavy atom. The molecule has 5 nitrogen and oxygen atoms in total. The van der Waals surface area contributed by atoms with Gasteiger partial charge < -0.3 is 14.3 Å². The van der Waals surface area contributed by atoms with E-state index >= 15 is 0 Å². The summed E-state index contributed by atoms with van der Waals surface area (Å²) in [6.07, 6.45) is -0.373. The molecule has 0 saturated carbocycles. The molecule has 0 aliphatic carbocycles. The number of aromatic nitrogens is 1. The molecule has 3 heterocycles. The van der Waals surface area contributed by atoms with Gasteiger partial charge in [-0.1, -0.05) is 158 Å². The summed E-state index contributed by atoms with van der Waals surface area (Å²) in [6.45, 7) is 0. The normalized spacial score (nSPS) is 14.0. The number of rotatable bonds is 7. The van der Waals surface area contributed by atoms with Crippen molar-refractivity contribution in [3.8, 4) is 39.1 Å². The van der Waals surface area contributed by atoms with Crippen LogP contribution in [0.5, 0.6) is 0 Å². The van der Waals surface area contributed by atoms with Crippen molar-refractivity contribution in [2.24, 2.45) is 9.98 Å². The van der Waals surface area contributed by atoms with Gasteiger partial charge in [-0.05, 0) is 99.6 Å². The summed E-state index contributed by atoms with van der Waals surface area (Å²) in [4.78, 5) is 10.5. The molecule has 292 valence electrons. The standard InChI is InChI=1S/C57H38N4O/c1-4-15-37(16-5-1)39-19-12-21-42(33-39)55-58-56(43-22-13-20-40(34-43)38-17-6-2-7-18-38)60-57(59-55)44-29-31-48-53(36-44)62-52-28-14-26-46(54(48)52)41-30-32-51-49(35-41)47-25-10-11-27-50(47)61(51)45-23-8-3-9-24-45/h1-36,55H,(H,58,59,60). The SMILES string of the molecule is c1ccc(-c2cccc(C3=NC(c4cccc(-c5ccccc5)c4)NC(c4ccc5c(c4)oc4cccc(-c6ccc7c(c6)c6ccccc6n7-c6ccccc6)c45)=N3)c2)cc1. The number of nitrogens with one attached hydrogen (secondary N) is 1. The predicted octanol–water partition coefficient (Wildman–Crippen LogP) is 14.2. The lowest BCUT2D eigenvalue weighted by atomic mass is 9.97. The van der Waals surface area contributed by atoms with E-state index < -0.39 is 0 Å². The molecular weight excluding hydrogens is 757 g/mol. The quantitative estimate of drug-likeness (QED) is 0.175. The summed E-state index contributed by atoms with van der Waals surface area (Å²) in [5.74, 6) is 1.40. The van der Waals surface area contributed by atoms with Gasteiger partial charge >= 0.3 is 0 Å². The minimum Gasteiger partial charge on any atom is -0.456 e. The topological polar surface area (TPSA) is 54.8 Å². The molecule has 11 aromatic rings. The Labute approximate surface area is 358 Å². The van der Waals surface area contributed by atoms with Crippen LogP contribution in [0.2, 0.25) is 0 Å². The molecule has 0 spiro atoms. The van der Waals surface area contributed by atoms with Gasteiger partial charge in [0.1, 0.15) is 23.2 Å². The highest BCUT2D eigenvalue weighted by Gasteiger charge is 2.23. The van der Waals surface area contributed by atoms with Crippen LogP contribution in [-0.2, 0) is 0 Å². The first kappa shape index (κ1) is 35.6. The number of furan rings is 1. The van der Waals surface area contributed by atoms with Crippen molar-refractivity contribution in [3.63, 3.8) is 0 Å². The third kappa shape index (κ3) is 6.18. The largest absolute Gasteiger partial charge is 0.456 e. The number of para-hydroxylation sites is 2. The molecule has 1 aliphatic rings. The van der Waals surface area contributed by atoms with Crippen molar-refractivity contribution >= 4 is 55.4 Å². The van der Waals surface area contributed by atoms with Crippen LogP contribution >= 0.6 is 0 Å². The van der Waals surface area contributed by atoms with Crippen molar-refractivity contribution in [2.45, 2.75) is 6.17 Å². The third-order valence-corrected chi connectivity index (χ3v) is 12.0. The number of fused-ring (bicyclic) bond motifs is 6. The van der Waals surface area contributed by atoms with Gasteiger partial charge in [-0.15, -0.1) is 0 Å². The highest BCUT2D eigenvalue weighted by molar-refractivity contribution is 6.18. The summed E-state index contributed by atoms with van der Waals surface area (Å²) in [7, 11) is 0. The van der Waals surface area contributed by atoms with Gasteiger partial charge in [-0.3, -0.25) is 0 Å². The molecule has 5 heteroatoms. The van der Waals surface area contributed by atoms with Crippen molar-refractivity contribution in [1.82, 2.24) is 9.88 Å². The van der Waals surface area contributed by atoms with Gasteiger partial charge in [0, 0.05) is 38.4 Å². The molecule has 12 rings (SSSR count). The molecule has 0 bridgehead atoms. The van der Waals surface area contributed by atoms with Crippen LogP contribution < -0.4 is 5.32 Å². The lowest BCUT2D eigenvalue weighted by molar-refractivity contribution is 0.666. The maximum Gasteiger partial charge on any atom is 0.159 e. The van der Waals surface area contributed by atoms with E-state index in [1.54, 1.807) is 0 Å². The second-order valence-corrected chi connectivity index (χ2v) is 15.8. The Balaban J connectivity index is 0.962. The molecule has 0 amide bonds. The van der Waals surface area contributed by atoms with E-state index in [0.717, 1.165) is 83.5 Å². The van der Waals surface area contributed by atoms with E-state index in [0.29, 0.717) is 5.84 Å². The van der Waals surface area contributed by atoms with Crippen LogP contribution in [0.15, 0.2) is 233 Å². The fourth-order valence-corrected chi connectivity index (χ4v) is 9.09. The lowest BCUT2D eigenvalue weighted by Gasteiger charge is -2.24. The molecule has 1 unspecified atom stereocenters. The zero-order valence-electron chi connectivity index (χ0n) is 33.6. The zero-order valence-corrected chi connectivity index (χ0v) is 33.6. The Kier molecular flexibility index (Phi) is 8.49. The number of benzene rings is 9. The average molecular weight is 795 g/mol. The molecule has 1 aliphatic heterocycles. The minimum absolute atomic E-state index is 0.373. The van der Waals surface area contributed by atoms with E-state index in [1.807, 2.05) is 12.1 Å². The van der Waals surface area contributed by atoms with Gasteiger partial charge in [-0.2, -0.15) is 0 Å². The summed E-state index contributed by atoms with van der Waals surface area (Å²) in [6, 6.07) is 76.9. The second kappa shape index (κ2) is 14.8. The summed E-state index contributed by atoms with van der Waals surface area (Å²) in [5, 5.41) is 8.30. The monoisotopic (exact) mass is 794 g/mol. The number of nitrogens with zero attached hydrogens (tertiary/aromatic N) is 3. The van der Waals surface area contributed by atoms with E-state index in [2.05, 4.69) is 216 Å². The highest BCUT2D eigenvalue weighted by Crippen LogP contribution is 2.40. The fourth-order valence-electron chi connectivity index (χ4n) is 9.09. The van der Waals surface area contributed by atoms with Crippen LogP contribution in [0, 0.1) is 0 Å². The molecule has 2 aromatic heterocycles. The van der Waals surface area contributed by atoms with Crippen molar-refractivity contribution < 1.29 is 4.42 Å². The minimum atomic E-state index is -0.373. The third-order valence-electron chi connectivity index (χ3n) is 12.0. The Morgan fingerprint density at radius 3 is 1.87 bits per heavy atom. The number of amidine groups is 2. The van der Waals surface area contributed by atoms with E-state index in [1.165, 1.54) is 21.8 Å². The summed E-state index contributed by atoms with van der Waals surface area (Å²) < 4.78 is 9.05.